The van der Waals surface area contributed by atoms with Crippen molar-refractivity contribution >= 4 is 11.6 Å². The topological polar surface area (TPSA) is 0 Å². The summed E-state index contributed by atoms with van der Waals surface area (Å²) in [6.45, 7) is 0. The van der Waals surface area contributed by atoms with Crippen molar-refractivity contribution in [1.29, 1.82) is 0 Å². The monoisotopic (exact) mass is 416 g/mol. The molecule has 0 bridgehead atoms. The molecule has 0 atom stereocenters. The molecule has 5 rings (SSSR count). The normalized spacial score (nSPS) is 10.7. The van der Waals surface area contributed by atoms with Gasteiger partial charge in [-0.2, -0.15) is 0 Å². The fourth-order valence-corrected chi connectivity index (χ4v) is 4.13. The molecule has 0 aliphatic heterocycles. The smallest absolute Gasteiger partial charge is 0.0418 e. The van der Waals surface area contributed by atoms with Gasteiger partial charge in [-0.15, -0.1) is 0 Å². The molecule has 0 radical (unpaired) electrons. The van der Waals surface area contributed by atoms with Gasteiger partial charge in [-0.25, -0.2) is 0 Å². The third kappa shape index (κ3) is 4.30. The first-order valence-corrected chi connectivity index (χ1v) is 10.8. The van der Waals surface area contributed by atoms with Gasteiger partial charge in [-0.05, 0) is 62.7 Å². The second-order valence-corrected chi connectivity index (χ2v) is 8.05. The van der Waals surface area contributed by atoms with Crippen LogP contribution in [0.2, 0.25) is 5.02 Å². The van der Waals surface area contributed by atoms with Gasteiger partial charge in [0.15, 0.2) is 0 Å². The van der Waals surface area contributed by atoms with Crippen molar-refractivity contribution in [2.45, 2.75) is 0 Å². The third-order valence-corrected chi connectivity index (χ3v) is 5.77. The first kappa shape index (κ1) is 19.4. The molecule has 1 heteroatoms. The second kappa shape index (κ2) is 8.63. The summed E-state index contributed by atoms with van der Waals surface area (Å²) in [5.74, 6) is 0. The van der Waals surface area contributed by atoms with Gasteiger partial charge < -0.3 is 0 Å². The Kier molecular flexibility index (Phi) is 5.39. The van der Waals surface area contributed by atoms with E-state index in [1.54, 1.807) is 0 Å². The zero-order chi connectivity index (χ0) is 21.0. The Bertz CT molecular complexity index is 1190. The summed E-state index contributed by atoms with van der Waals surface area (Å²) < 4.78 is 0. The summed E-state index contributed by atoms with van der Waals surface area (Å²) in [5.41, 5.74) is 9.42. The Morgan fingerprint density at radius 2 is 0.581 bits per heavy atom. The van der Waals surface area contributed by atoms with E-state index in [1.165, 1.54) is 22.3 Å². The zero-order valence-electron chi connectivity index (χ0n) is 17.0. The molecular formula is C30H21Cl. The highest BCUT2D eigenvalue weighted by molar-refractivity contribution is 6.31. The molecule has 0 spiro atoms. The van der Waals surface area contributed by atoms with Gasteiger partial charge in [0.25, 0.3) is 0 Å². The van der Waals surface area contributed by atoms with Crippen LogP contribution in [0.1, 0.15) is 0 Å². The molecule has 0 aliphatic carbocycles. The lowest BCUT2D eigenvalue weighted by atomic mass is 9.96. The molecule has 148 valence electrons. The molecule has 0 saturated carbocycles. The number of benzene rings is 5. The summed E-state index contributed by atoms with van der Waals surface area (Å²) in [5, 5.41) is 0.742. The Morgan fingerprint density at radius 1 is 0.290 bits per heavy atom. The van der Waals surface area contributed by atoms with Crippen molar-refractivity contribution < 1.29 is 0 Å². The third-order valence-electron chi connectivity index (χ3n) is 5.55. The molecule has 0 aliphatic rings. The fraction of sp³-hybridized carbons (Fsp3) is 0. The number of hydrogen-bond donors (Lipinski definition) is 0. The maximum atomic E-state index is 6.50. The molecule has 0 unspecified atom stereocenters. The van der Waals surface area contributed by atoms with E-state index in [0.717, 1.165) is 27.3 Å². The van der Waals surface area contributed by atoms with E-state index < -0.39 is 0 Å². The minimum Gasteiger partial charge on any atom is -0.0843 e. The Morgan fingerprint density at radius 3 is 0.935 bits per heavy atom. The van der Waals surface area contributed by atoms with Crippen LogP contribution in [-0.4, -0.2) is 0 Å². The van der Waals surface area contributed by atoms with Crippen molar-refractivity contribution in [3.05, 3.63) is 132 Å². The van der Waals surface area contributed by atoms with Crippen LogP contribution in [0, 0.1) is 0 Å². The summed E-state index contributed by atoms with van der Waals surface area (Å²) in [6.07, 6.45) is 0. The molecule has 0 N–H and O–H groups in total. The van der Waals surface area contributed by atoms with Crippen molar-refractivity contribution in [1.82, 2.24) is 0 Å². The molecule has 31 heavy (non-hydrogen) atoms. The fourth-order valence-electron chi connectivity index (χ4n) is 3.89. The molecule has 0 heterocycles. The van der Waals surface area contributed by atoms with Crippen LogP contribution in [0.3, 0.4) is 0 Å². The maximum Gasteiger partial charge on any atom is 0.0418 e. The molecule has 0 fully saturated rings. The van der Waals surface area contributed by atoms with E-state index >= 15 is 0 Å². The lowest BCUT2D eigenvalue weighted by Crippen LogP contribution is -1.84. The van der Waals surface area contributed by atoms with Crippen molar-refractivity contribution in [3.8, 4) is 44.5 Å². The SMILES string of the molecule is Clc1cc(-c2ccc(-c3ccccc3)cc2)cc(-c2ccc(-c3ccccc3)cc2)c1. The predicted octanol–water partition coefficient (Wildman–Crippen LogP) is 9.01. The number of hydrogen-bond acceptors (Lipinski definition) is 0. The average Bonchev–Trinajstić information content (AvgIpc) is 2.85. The van der Waals surface area contributed by atoms with Crippen LogP contribution in [0.25, 0.3) is 44.5 Å². The average molecular weight is 417 g/mol. The minimum absolute atomic E-state index is 0.742. The molecule has 0 amide bonds. The molecule has 5 aromatic carbocycles. The Hall–Kier alpha value is -3.61. The summed E-state index contributed by atoms with van der Waals surface area (Å²) in [6, 6.07) is 44.4. The van der Waals surface area contributed by atoms with Crippen LogP contribution in [0.15, 0.2) is 127 Å². The van der Waals surface area contributed by atoms with Gasteiger partial charge in [-0.1, -0.05) is 121 Å². The number of halogens is 1. The lowest BCUT2D eigenvalue weighted by Gasteiger charge is -2.10. The molecule has 0 nitrogen and oxygen atoms in total. The van der Waals surface area contributed by atoms with Crippen LogP contribution in [0.5, 0.6) is 0 Å². The van der Waals surface area contributed by atoms with E-state index in [0.29, 0.717) is 0 Å². The largest absolute Gasteiger partial charge is 0.0843 e. The van der Waals surface area contributed by atoms with Crippen LogP contribution >= 0.6 is 11.6 Å². The predicted molar refractivity (Wildman–Crippen MR) is 133 cm³/mol. The van der Waals surface area contributed by atoms with Crippen molar-refractivity contribution in [3.63, 3.8) is 0 Å². The standard InChI is InChI=1S/C30H21Cl/c31-30-20-28(26-15-11-24(12-16-26)22-7-3-1-4-8-22)19-29(21-30)27-17-13-25(14-18-27)23-9-5-2-6-10-23/h1-21H. The Labute approximate surface area is 188 Å². The van der Waals surface area contributed by atoms with E-state index in [1.807, 2.05) is 24.3 Å². The quantitative estimate of drug-likeness (QED) is 0.274. The van der Waals surface area contributed by atoms with Gasteiger partial charge in [0, 0.05) is 5.02 Å². The van der Waals surface area contributed by atoms with Crippen molar-refractivity contribution in [2.75, 3.05) is 0 Å². The second-order valence-electron chi connectivity index (χ2n) is 7.62. The molecule has 0 saturated heterocycles. The van der Waals surface area contributed by atoms with Crippen LogP contribution < -0.4 is 0 Å². The summed E-state index contributed by atoms with van der Waals surface area (Å²) in [4.78, 5) is 0. The van der Waals surface area contributed by atoms with E-state index in [2.05, 4.69) is 103 Å². The van der Waals surface area contributed by atoms with Gasteiger partial charge in [0.2, 0.25) is 0 Å². The highest BCUT2D eigenvalue weighted by Gasteiger charge is 2.06. The summed E-state index contributed by atoms with van der Waals surface area (Å²) in [7, 11) is 0. The zero-order valence-corrected chi connectivity index (χ0v) is 17.8. The highest BCUT2D eigenvalue weighted by Crippen LogP contribution is 2.32. The van der Waals surface area contributed by atoms with Gasteiger partial charge in [0.1, 0.15) is 0 Å². The van der Waals surface area contributed by atoms with E-state index in [4.69, 9.17) is 11.6 Å². The first-order valence-electron chi connectivity index (χ1n) is 10.4. The summed E-state index contributed by atoms with van der Waals surface area (Å²) >= 11 is 6.50. The molecule has 5 aromatic rings. The van der Waals surface area contributed by atoms with E-state index in [-0.39, 0.29) is 0 Å². The number of rotatable bonds is 4. The van der Waals surface area contributed by atoms with Gasteiger partial charge in [-0.3, -0.25) is 0 Å². The Balaban J connectivity index is 1.45. The lowest BCUT2D eigenvalue weighted by molar-refractivity contribution is 1.57. The maximum absolute atomic E-state index is 6.50. The highest BCUT2D eigenvalue weighted by atomic mass is 35.5. The van der Waals surface area contributed by atoms with Gasteiger partial charge in [0.05, 0.1) is 0 Å². The van der Waals surface area contributed by atoms with Crippen LogP contribution in [0.4, 0.5) is 0 Å². The molecule has 0 aromatic heterocycles. The van der Waals surface area contributed by atoms with Gasteiger partial charge >= 0.3 is 0 Å². The van der Waals surface area contributed by atoms with E-state index in [9.17, 15) is 0 Å². The minimum atomic E-state index is 0.742. The first-order chi connectivity index (χ1) is 15.3. The molecular weight excluding hydrogens is 396 g/mol. The van der Waals surface area contributed by atoms with Crippen molar-refractivity contribution in [2.24, 2.45) is 0 Å². The van der Waals surface area contributed by atoms with Crippen LogP contribution in [-0.2, 0) is 0 Å².